The summed E-state index contributed by atoms with van der Waals surface area (Å²) in [5.74, 6) is 0.847. The number of para-hydroxylation sites is 1. The summed E-state index contributed by atoms with van der Waals surface area (Å²) in [6.07, 6.45) is 0.961. The van der Waals surface area contributed by atoms with Crippen LogP contribution in [0.2, 0.25) is 0 Å². The van der Waals surface area contributed by atoms with Gasteiger partial charge in [-0.3, -0.25) is 4.79 Å². The van der Waals surface area contributed by atoms with Crippen molar-refractivity contribution in [3.63, 3.8) is 0 Å². The molecule has 1 aromatic heterocycles. The van der Waals surface area contributed by atoms with Crippen molar-refractivity contribution in [2.75, 3.05) is 58.3 Å². The highest BCUT2D eigenvalue weighted by Crippen LogP contribution is 2.15. The lowest BCUT2D eigenvalue weighted by Crippen LogP contribution is -2.53. The SMILES string of the molecule is CN(C)C(=O)CN=C(NCCc1cccs1)N1CCN(c2ccccc2)CC1.I. The van der Waals surface area contributed by atoms with E-state index in [-0.39, 0.29) is 36.4 Å². The van der Waals surface area contributed by atoms with Gasteiger partial charge < -0.3 is 20.0 Å². The zero-order chi connectivity index (χ0) is 19.8. The van der Waals surface area contributed by atoms with Gasteiger partial charge in [0.1, 0.15) is 6.54 Å². The minimum Gasteiger partial charge on any atom is -0.368 e. The molecule has 0 aliphatic carbocycles. The molecule has 6 nitrogen and oxygen atoms in total. The van der Waals surface area contributed by atoms with Crippen LogP contribution in [-0.4, -0.2) is 75.0 Å². The smallest absolute Gasteiger partial charge is 0.243 e. The number of nitrogens with one attached hydrogen (secondary N) is 1. The molecule has 3 rings (SSSR count). The lowest BCUT2D eigenvalue weighted by molar-refractivity contribution is -0.127. The third-order valence-electron chi connectivity index (χ3n) is 4.80. The number of halogens is 1. The van der Waals surface area contributed by atoms with Gasteiger partial charge in [0.2, 0.25) is 5.91 Å². The van der Waals surface area contributed by atoms with E-state index in [1.54, 1.807) is 30.3 Å². The van der Waals surface area contributed by atoms with Gasteiger partial charge in [0.25, 0.3) is 0 Å². The number of nitrogens with zero attached hydrogens (tertiary/aromatic N) is 4. The number of piperazine rings is 1. The van der Waals surface area contributed by atoms with Gasteiger partial charge in [-0.1, -0.05) is 24.3 Å². The Kier molecular flexibility index (Phi) is 9.72. The molecule has 2 heterocycles. The minimum atomic E-state index is 0. The molecule has 1 aliphatic heterocycles. The van der Waals surface area contributed by atoms with E-state index < -0.39 is 0 Å². The molecule has 0 unspecified atom stereocenters. The average Bonchev–Trinajstić information content (AvgIpc) is 3.24. The van der Waals surface area contributed by atoms with Crippen LogP contribution in [0, 0.1) is 0 Å². The van der Waals surface area contributed by atoms with Crippen LogP contribution in [0.25, 0.3) is 0 Å². The predicted octanol–water partition coefficient (Wildman–Crippen LogP) is 2.76. The zero-order valence-electron chi connectivity index (χ0n) is 17.1. The average molecular weight is 527 g/mol. The van der Waals surface area contributed by atoms with Crippen molar-refractivity contribution in [3.05, 3.63) is 52.7 Å². The molecular formula is C21H30IN5OS. The Balaban J connectivity index is 0.00000300. The molecule has 0 radical (unpaired) electrons. The van der Waals surface area contributed by atoms with E-state index in [0.717, 1.165) is 45.1 Å². The molecule has 1 amide bonds. The molecule has 29 heavy (non-hydrogen) atoms. The van der Waals surface area contributed by atoms with Gasteiger partial charge >= 0.3 is 0 Å². The van der Waals surface area contributed by atoms with Gasteiger partial charge in [-0.05, 0) is 30.0 Å². The summed E-state index contributed by atoms with van der Waals surface area (Å²) in [5, 5.41) is 5.57. The van der Waals surface area contributed by atoms with E-state index in [9.17, 15) is 4.79 Å². The molecule has 1 saturated heterocycles. The second-order valence-corrected chi connectivity index (χ2v) is 8.03. The number of thiophene rings is 1. The van der Waals surface area contributed by atoms with Gasteiger partial charge in [0.05, 0.1) is 0 Å². The van der Waals surface area contributed by atoms with E-state index in [2.05, 4.69) is 61.9 Å². The number of likely N-dealkylation sites (N-methyl/N-ethyl adjacent to an activating group) is 1. The Morgan fingerprint density at radius 2 is 1.83 bits per heavy atom. The second kappa shape index (κ2) is 12.0. The number of benzene rings is 1. The van der Waals surface area contributed by atoms with Crippen LogP contribution in [0.3, 0.4) is 0 Å². The number of carbonyl (C=O) groups is 1. The lowest BCUT2D eigenvalue weighted by atomic mass is 10.2. The summed E-state index contributed by atoms with van der Waals surface area (Å²) < 4.78 is 0. The number of hydrogen-bond donors (Lipinski definition) is 1. The fourth-order valence-electron chi connectivity index (χ4n) is 3.12. The molecule has 2 aromatic rings. The van der Waals surface area contributed by atoms with Crippen LogP contribution < -0.4 is 10.2 Å². The zero-order valence-corrected chi connectivity index (χ0v) is 20.2. The predicted molar refractivity (Wildman–Crippen MR) is 133 cm³/mol. The number of anilines is 1. The van der Waals surface area contributed by atoms with Crippen molar-refractivity contribution in [3.8, 4) is 0 Å². The van der Waals surface area contributed by atoms with Gasteiger partial charge in [-0.2, -0.15) is 0 Å². The van der Waals surface area contributed by atoms with E-state index in [4.69, 9.17) is 0 Å². The van der Waals surface area contributed by atoms with Crippen LogP contribution >= 0.6 is 35.3 Å². The van der Waals surface area contributed by atoms with Gasteiger partial charge in [-0.15, -0.1) is 35.3 Å². The number of carbonyl (C=O) groups excluding carboxylic acids is 1. The van der Waals surface area contributed by atoms with E-state index in [1.165, 1.54) is 10.6 Å². The van der Waals surface area contributed by atoms with Crippen molar-refractivity contribution in [2.24, 2.45) is 4.99 Å². The summed E-state index contributed by atoms with van der Waals surface area (Å²) in [4.78, 5) is 24.2. The molecule has 1 aliphatic rings. The number of aliphatic imine (C=N–C) groups is 1. The van der Waals surface area contributed by atoms with Crippen molar-refractivity contribution >= 4 is 52.9 Å². The number of rotatable bonds is 6. The third kappa shape index (κ3) is 7.18. The minimum absolute atomic E-state index is 0. The molecule has 0 bridgehead atoms. The first kappa shape index (κ1) is 23.5. The fraction of sp³-hybridized carbons (Fsp3) is 0.429. The number of guanidine groups is 1. The largest absolute Gasteiger partial charge is 0.368 e. The monoisotopic (exact) mass is 527 g/mol. The Morgan fingerprint density at radius 1 is 1.10 bits per heavy atom. The summed E-state index contributed by atoms with van der Waals surface area (Å²) in [6.45, 7) is 4.64. The topological polar surface area (TPSA) is 51.2 Å². The van der Waals surface area contributed by atoms with Crippen molar-refractivity contribution in [2.45, 2.75) is 6.42 Å². The molecule has 0 spiro atoms. The first-order valence-corrected chi connectivity index (χ1v) is 10.6. The number of hydrogen-bond acceptors (Lipinski definition) is 4. The molecule has 8 heteroatoms. The quantitative estimate of drug-likeness (QED) is 0.357. The molecule has 158 valence electrons. The first-order valence-electron chi connectivity index (χ1n) is 9.69. The maximum atomic E-state index is 12.0. The summed E-state index contributed by atoms with van der Waals surface area (Å²) in [6, 6.07) is 14.7. The highest BCUT2D eigenvalue weighted by molar-refractivity contribution is 14.0. The fourth-order valence-corrected chi connectivity index (χ4v) is 3.83. The normalized spacial score (nSPS) is 14.3. The Morgan fingerprint density at radius 3 is 2.45 bits per heavy atom. The molecular weight excluding hydrogens is 497 g/mol. The Bertz CT molecular complexity index is 759. The number of amides is 1. The summed E-state index contributed by atoms with van der Waals surface area (Å²) in [7, 11) is 3.53. The van der Waals surface area contributed by atoms with Crippen LogP contribution in [0.5, 0.6) is 0 Å². The van der Waals surface area contributed by atoms with Crippen molar-refractivity contribution in [1.82, 2.24) is 15.1 Å². The highest BCUT2D eigenvalue weighted by atomic mass is 127. The summed E-state index contributed by atoms with van der Waals surface area (Å²) >= 11 is 1.77. The van der Waals surface area contributed by atoms with E-state index >= 15 is 0 Å². The van der Waals surface area contributed by atoms with Crippen molar-refractivity contribution in [1.29, 1.82) is 0 Å². The van der Waals surface area contributed by atoms with Crippen molar-refractivity contribution < 1.29 is 4.79 Å². The molecule has 1 aromatic carbocycles. The molecule has 0 saturated carbocycles. The first-order chi connectivity index (χ1) is 13.6. The molecule has 1 N–H and O–H groups in total. The third-order valence-corrected chi connectivity index (χ3v) is 5.73. The maximum Gasteiger partial charge on any atom is 0.243 e. The molecule has 0 atom stereocenters. The Hall–Kier alpha value is -1.81. The van der Waals surface area contributed by atoms with E-state index in [0.29, 0.717) is 0 Å². The van der Waals surface area contributed by atoms with E-state index in [1.807, 2.05) is 6.07 Å². The summed E-state index contributed by atoms with van der Waals surface area (Å²) in [5.41, 5.74) is 1.26. The Labute approximate surface area is 194 Å². The van der Waals surface area contributed by atoms with Crippen LogP contribution in [0.4, 0.5) is 5.69 Å². The maximum absolute atomic E-state index is 12.0. The van der Waals surface area contributed by atoms with Gasteiger partial charge in [0, 0.05) is 57.4 Å². The van der Waals surface area contributed by atoms with Crippen LogP contribution in [0.1, 0.15) is 4.88 Å². The standard InChI is InChI=1S/C21H29N5OS.HI/c1-24(2)20(27)17-23-21(22-11-10-19-9-6-16-28-19)26-14-12-25(13-15-26)18-7-4-3-5-8-18;/h3-9,16H,10-15,17H2,1-2H3,(H,22,23);1H. The van der Waals surface area contributed by atoms with Gasteiger partial charge in [-0.25, -0.2) is 4.99 Å². The van der Waals surface area contributed by atoms with Crippen LogP contribution in [-0.2, 0) is 11.2 Å². The highest BCUT2D eigenvalue weighted by Gasteiger charge is 2.20. The van der Waals surface area contributed by atoms with Gasteiger partial charge in [0.15, 0.2) is 5.96 Å². The lowest BCUT2D eigenvalue weighted by Gasteiger charge is -2.37. The molecule has 1 fully saturated rings. The second-order valence-electron chi connectivity index (χ2n) is 6.99. The van der Waals surface area contributed by atoms with Crippen LogP contribution in [0.15, 0.2) is 52.8 Å².